The van der Waals surface area contributed by atoms with Crippen molar-refractivity contribution in [2.75, 3.05) is 58.3 Å². The normalized spacial score (nSPS) is 21.5. The number of aryl methyl sites for hydroxylation is 1. The fourth-order valence-electron chi connectivity index (χ4n) is 7.90. The number of aromatic hydroxyl groups is 1. The fourth-order valence-corrected chi connectivity index (χ4v) is 7.90. The Morgan fingerprint density at radius 1 is 1.05 bits per heavy atom. The summed E-state index contributed by atoms with van der Waals surface area (Å²) in [5, 5.41) is 49.4. The summed E-state index contributed by atoms with van der Waals surface area (Å²) in [6.45, 7) is 6.47. The number of esters is 1. The Morgan fingerprint density at radius 3 is 2.30 bits per heavy atom. The molecular weight excluding hydrogens is 726 g/mol. The Balaban J connectivity index is 1.42. The summed E-state index contributed by atoms with van der Waals surface area (Å²) in [6.07, 6.45) is 0.465. The van der Waals surface area contributed by atoms with E-state index in [4.69, 9.17) is 15.2 Å². The SMILES string of the molecule is C=C1C(C(N)=O)=C(O)[C@@H](N(C)C)C2CC3Cc4c(N(C)C)cc(NC(=O)CN(CCCC)C(=O)OCOC(=O)c5ccc(C)cc5)c(O)c4C(O)=C3C(=O)[C@]12O. The van der Waals surface area contributed by atoms with Crippen LogP contribution in [-0.4, -0.2) is 120 Å². The summed E-state index contributed by atoms with van der Waals surface area (Å²) in [4.78, 5) is 70.1. The number of hydrogen-bond acceptors (Lipinski definition) is 13. The van der Waals surface area contributed by atoms with Crippen LogP contribution in [0.1, 0.15) is 53.2 Å². The molecule has 2 aromatic rings. The summed E-state index contributed by atoms with van der Waals surface area (Å²) in [5.74, 6) is -6.78. The molecule has 0 radical (unpaired) electrons. The van der Waals surface area contributed by atoms with Gasteiger partial charge in [-0.1, -0.05) is 37.6 Å². The Bertz CT molecular complexity index is 2040. The molecule has 0 spiro atoms. The predicted molar refractivity (Wildman–Crippen MR) is 206 cm³/mol. The molecular formula is C40H49N5O11. The van der Waals surface area contributed by atoms with Gasteiger partial charge >= 0.3 is 12.1 Å². The Kier molecular flexibility index (Phi) is 11.9. The van der Waals surface area contributed by atoms with Crippen LogP contribution in [0, 0.1) is 18.8 Å². The zero-order chi connectivity index (χ0) is 41.4. The van der Waals surface area contributed by atoms with Crippen molar-refractivity contribution in [3.63, 3.8) is 0 Å². The van der Waals surface area contributed by atoms with E-state index in [1.807, 2.05) is 13.8 Å². The van der Waals surface area contributed by atoms with E-state index in [-0.39, 0.29) is 41.8 Å². The molecule has 16 heteroatoms. The van der Waals surface area contributed by atoms with Crippen molar-refractivity contribution in [1.29, 1.82) is 0 Å². The van der Waals surface area contributed by atoms with E-state index >= 15 is 0 Å². The molecule has 5 rings (SSSR count). The number of carbonyl (C=O) groups excluding carboxylic acids is 5. The van der Waals surface area contributed by atoms with Crippen molar-refractivity contribution in [2.24, 2.45) is 17.6 Å². The lowest BCUT2D eigenvalue weighted by Crippen LogP contribution is -2.63. The zero-order valence-corrected chi connectivity index (χ0v) is 32.3. The van der Waals surface area contributed by atoms with Gasteiger partial charge in [0.25, 0.3) is 5.91 Å². The van der Waals surface area contributed by atoms with Crippen LogP contribution in [0.4, 0.5) is 16.2 Å². The van der Waals surface area contributed by atoms with E-state index in [0.29, 0.717) is 24.1 Å². The van der Waals surface area contributed by atoms with Crippen molar-refractivity contribution in [1.82, 2.24) is 9.80 Å². The molecule has 2 aromatic carbocycles. The van der Waals surface area contributed by atoms with Gasteiger partial charge in [0, 0.05) is 43.4 Å². The molecule has 300 valence electrons. The maximum atomic E-state index is 14.4. The van der Waals surface area contributed by atoms with Gasteiger partial charge in [-0.25, -0.2) is 9.59 Å². The summed E-state index contributed by atoms with van der Waals surface area (Å²) in [5.41, 5.74) is 3.92. The van der Waals surface area contributed by atoms with E-state index in [0.717, 1.165) is 10.5 Å². The van der Waals surface area contributed by atoms with Crippen LogP contribution in [0.15, 0.2) is 59.4 Å². The van der Waals surface area contributed by atoms with Gasteiger partial charge in [0.2, 0.25) is 12.7 Å². The molecule has 0 aromatic heterocycles. The minimum absolute atomic E-state index is 0.0695. The van der Waals surface area contributed by atoms with Crippen molar-refractivity contribution >= 4 is 46.8 Å². The molecule has 3 aliphatic carbocycles. The number of primary amides is 1. The fraction of sp³-hybridized carbons (Fsp3) is 0.425. The molecule has 0 aliphatic heterocycles. The molecule has 1 fully saturated rings. The second-order valence-electron chi connectivity index (χ2n) is 14.8. The van der Waals surface area contributed by atoms with Gasteiger partial charge in [0.15, 0.2) is 11.4 Å². The van der Waals surface area contributed by atoms with Crippen molar-refractivity contribution in [2.45, 2.75) is 51.2 Å². The first-order valence-corrected chi connectivity index (χ1v) is 18.2. The topological polar surface area (TPSA) is 232 Å². The van der Waals surface area contributed by atoms with Gasteiger partial charge < -0.3 is 45.9 Å². The number of nitrogens with zero attached hydrogens (tertiary/aromatic N) is 3. The lowest BCUT2D eigenvalue weighted by atomic mass is 9.56. The summed E-state index contributed by atoms with van der Waals surface area (Å²) < 4.78 is 10.2. The number of aliphatic hydroxyl groups is 3. The van der Waals surface area contributed by atoms with E-state index in [9.17, 15) is 44.4 Å². The summed E-state index contributed by atoms with van der Waals surface area (Å²) in [6, 6.07) is 7.14. The molecule has 7 N–H and O–H groups in total. The number of phenolic OH excluding ortho intramolecular Hbond substituents is 1. The minimum atomic E-state index is -2.44. The average Bonchev–Trinajstić information content (AvgIpc) is 3.12. The number of fused-ring (bicyclic) bond motifs is 3. The largest absolute Gasteiger partial charge is 0.510 e. The number of nitrogens with two attached hydrogens (primary N) is 1. The first kappa shape index (κ1) is 41.3. The average molecular weight is 776 g/mol. The number of likely N-dealkylation sites (N-methyl/N-ethyl adjacent to an activating group) is 1. The van der Waals surface area contributed by atoms with Gasteiger partial charge in [-0.05, 0) is 70.0 Å². The maximum absolute atomic E-state index is 14.4. The molecule has 3 aliphatic rings. The quantitative estimate of drug-likeness (QED) is 0.103. The number of nitrogens with one attached hydrogen (secondary N) is 1. The second kappa shape index (κ2) is 16.1. The van der Waals surface area contributed by atoms with E-state index in [2.05, 4.69) is 11.9 Å². The third-order valence-corrected chi connectivity index (χ3v) is 10.7. The van der Waals surface area contributed by atoms with Gasteiger partial charge in [-0.3, -0.25) is 24.2 Å². The number of phenols is 1. The van der Waals surface area contributed by atoms with Gasteiger partial charge in [0.1, 0.15) is 23.8 Å². The molecule has 2 unspecified atom stereocenters. The number of amides is 3. The summed E-state index contributed by atoms with van der Waals surface area (Å²) in [7, 11) is 6.67. The molecule has 16 nitrogen and oxygen atoms in total. The number of rotatable bonds is 12. The van der Waals surface area contributed by atoms with Crippen LogP contribution in [0.5, 0.6) is 5.75 Å². The number of anilines is 2. The van der Waals surface area contributed by atoms with Crippen LogP contribution in [0.2, 0.25) is 0 Å². The highest BCUT2D eigenvalue weighted by atomic mass is 16.7. The van der Waals surface area contributed by atoms with E-state index in [1.165, 1.54) is 6.07 Å². The smallest absolute Gasteiger partial charge is 0.413 e. The molecule has 3 amide bonds. The van der Waals surface area contributed by atoms with E-state index < -0.39 is 94.9 Å². The standard InChI is InChI=1S/C40H49N5O11/c1-8-9-14-45(39(53)56-19-55-38(52)22-12-10-20(2)11-13-22)18-28(46)42-26-17-27(43(4)5)24-15-23-16-25-32(44(6)7)35(49)29(37(41)51)21(3)40(25,54)36(50)30(23)34(48)31(24)33(26)47/h10-13,17,23,25,32,47-49,54H,3,8-9,14-16,18-19H2,1-2,4-7H3,(H2,41,51)(H,42,46)/t23?,25?,32-,40-/m0/s1. The Morgan fingerprint density at radius 2 is 1.71 bits per heavy atom. The molecule has 56 heavy (non-hydrogen) atoms. The number of ether oxygens (including phenoxy) is 2. The Labute approximate surface area is 324 Å². The molecule has 1 saturated carbocycles. The molecule has 0 bridgehead atoms. The lowest BCUT2D eigenvalue weighted by Gasteiger charge is -2.52. The highest BCUT2D eigenvalue weighted by Crippen LogP contribution is 2.56. The first-order valence-electron chi connectivity index (χ1n) is 18.2. The number of ketones is 1. The van der Waals surface area contributed by atoms with Gasteiger partial charge in [0.05, 0.1) is 28.4 Å². The van der Waals surface area contributed by atoms with Crippen LogP contribution in [0.25, 0.3) is 5.76 Å². The van der Waals surface area contributed by atoms with Crippen molar-refractivity contribution in [3.05, 3.63) is 81.6 Å². The number of Topliss-reactive ketones (excluding diaryl/α,β-unsaturated/α-hetero) is 1. The third-order valence-electron chi connectivity index (χ3n) is 10.7. The lowest BCUT2D eigenvalue weighted by molar-refractivity contribution is -0.143. The van der Waals surface area contributed by atoms with Crippen LogP contribution in [-0.2, 0) is 30.3 Å². The number of aliphatic hydroxyl groups excluding tert-OH is 2. The molecule has 4 atom stereocenters. The van der Waals surface area contributed by atoms with Crippen LogP contribution < -0.4 is 16.0 Å². The number of carbonyl (C=O) groups is 5. The third kappa shape index (κ3) is 7.41. The number of benzene rings is 2. The molecule has 0 heterocycles. The van der Waals surface area contributed by atoms with Crippen molar-refractivity contribution < 1.29 is 53.9 Å². The zero-order valence-electron chi connectivity index (χ0n) is 32.3. The van der Waals surface area contributed by atoms with Crippen LogP contribution in [0.3, 0.4) is 0 Å². The number of hydrogen-bond donors (Lipinski definition) is 6. The number of unbranched alkanes of at least 4 members (excludes halogenated alkanes) is 1. The van der Waals surface area contributed by atoms with Gasteiger partial charge in [-0.2, -0.15) is 0 Å². The Hall–Kier alpha value is -5.87. The first-order chi connectivity index (χ1) is 26.3. The van der Waals surface area contributed by atoms with Crippen molar-refractivity contribution in [3.8, 4) is 5.75 Å². The second-order valence-corrected chi connectivity index (χ2v) is 14.8. The predicted octanol–water partition coefficient (Wildman–Crippen LogP) is 3.32. The monoisotopic (exact) mass is 775 g/mol. The van der Waals surface area contributed by atoms with Gasteiger partial charge in [-0.15, -0.1) is 0 Å². The minimum Gasteiger partial charge on any atom is -0.510 e. The van der Waals surface area contributed by atoms with E-state index in [1.54, 1.807) is 62.3 Å². The highest BCUT2D eigenvalue weighted by molar-refractivity contribution is 6.14. The van der Waals surface area contributed by atoms with Crippen LogP contribution >= 0.6 is 0 Å². The molecule has 0 saturated heterocycles. The highest BCUT2D eigenvalue weighted by Gasteiger charge is 2.62. The summed E-state index contributed by atoms with van der Waals surface area (Å²) >= 11 is 0. The maximum Gasteiger partial charge on any atom is 0.413 e.